The van der Waals surface area contributed by atoms with Gasteiger partial charge in [-0.2, -0.15) is 13.2 Å². The number of piperidine rings is 2. The fourth-order valence-electron chi connectivity index (χ4n) is 4.19. The second-order valence-electron chi connectivity index (χ2n) is 8.07. The molecule has 4 rings (SSSR count). The lowest BCUT2D eigenvalue weighted by molar-refractivity contribution is -0.141. The molecule has 2 aliphatic heterocycles. The Balaban J connectivity index is 1.32. The number of hydrogen-bond acceptors (Lipinski definition) is 5. The number of nitrogens with zero attached hydrogens (tertiary/aromatic N) is 4. The molecular weight excluding hydrogens is 371 g/mol. The predicted octanol–water partition coefficient (Wildman–Crippen LogP) is 2.45. The summed E-state index contributed by atoms with van der Waals surface area (Å²) in [4.78, 5) is 24.3. The first-order valence-electron chi connectivity index (χ1n) is 10.1. The van der Waals surface area contributed by atoms with Gasteiger partial charge < -0.3 is 10.2 Å². The third-order valence-corrected chi connectivity index (χ3v) is 5.94. The van der Waals surface area contributed by atoms with Gasteiger partial charge in [-0.25, -0.2) is 9.97 Å². The second kappa shape index (κ2) is 7.85. The van der Waals surface area contributed by atoms with Gasteiger partial charge in [-0.15, -0.1) is 0 Å². The van der Waals surface area contributed by atoms with Gasteiger partial charge in [0, 0.05) is 37.9 Å². The van der Waals surface area contributed by atoms with Crippen molar-refractivity contribution in [2.45, 2.75) is 56.8 Å². The second-order valence-corrected chi connectivity index (χ2v) is 8.07. The van der Waals surface area contributed by atoms with Crippen LogP contribution in [0.3, 0.4) is 0 Å². The summed E-state index contributed by atoms with van der Waals surface area (Å²) in [7, 11) is 0. The molecule has 1 amide bonds. The van der Waals surface area contributed by atoms with Crippen molar-refractivity contribution < 1.29 is 18.0 Å². The Bertz CT molecular complexity index is 701. The van der Waals surface area contributed by atoms with Crippen LogP contribution in [0.4, 0.5) is 19.1 Å². The third kappa shape index (κ3) is 4.56. The molecule has 0 bridgehead atoms. The lowest BCUT2D eigenvalue weighted by atomic mass is 9.93. The molecule has 3 heterocycles. The smallest absolute Gasteiger partial charge is 0.353 e. The Kier molecular flexibility index (Phi) is 5.44. The molecule has 1 aromatic rings. The van der Waals surface area contributed by atoms with E-state index >= 15 is 0 Å². The number of rotatable bonds is 4. The number of hydrogen-bond donors (Lipinski definition) is 1. The van der Waals surface area contributed by atoms with Crippen LogP contribution in [0.5, 0.6) is 0 Å². The van der Waals surface area contributed by atoms with Crippen LogP contribution in [0, 0.1) is 5.92 Å². The van der Waals surface area contributed by atoms with Gasteiger partial charge in [0.15, 0.2) is 0 Å². The minimum Gasteiger partial charge on any atom is -0.353 e. The summed E-state index contributed by atoms with van der Waals surface area (Å²) in [6.45, 7) is 3.02. The van der Waals surface area contributed by atoms with Crippen molar-refractivity contribution in [3.63, 3.8) is 0 Å². The lowest BCUT2D eigenvalue weighted by Gasteiger charge is -2.42. The Morgan fingerprint density at radius 2 is 1.86 bits per heavy atom. The molecule has 9 heteroatoms. The van der Waals surface area contributed by atoms with Crippen LogP contribution in [0.1, 0.15) is 44.2 Å². The number of likely N-dealkylation sites (tertiary alicyclic amines) is 1. The van der Waals surface area contributed by atoms with Crippen LogP contribution >= 0.6 is 0 Å². The molecule has 1 saturated carbocycles. The SMILES string of the molecule is O=C(NC1CC1)C1CCCN(C2CCN(c3nccc(C(F)(F)F)n3)CC2)C1. The molecule has 2 saturated heterocycles. The van der Waals surface area contributed by atoms with Crippen molar-refractivity contribution in [1.29, 1.82) is 0 Å². The zero-order valence-electron chi connectivity index (χ0n) is 15.8. The van der Waals surface area contributed by atoms with Crippen LogP contribution in [-0.4, -0.2) is 59.0 Å². The molecule has 3 fully saturated rings. The number of anilines is 1. The van der Waals surface area contributed by atoms with E-state index in [0.717, 1.165) is 57.7 Å². The van der Waals surface area contributed by atoms with Gasteiger partial charge in [0.05, 0.1) is 5.92 Å². The Hall–Kier alpha value is -1.90. The zero-order valence-corrected chi connectivity index (χ0v) is 15.8. The first-order chi connectivity index (χ1) is 13.4. The maximum absolute atomic E-state index is 12.9. The topological polar surface area (TPSA) is 61.4 Å². The number of amides is 1. The van der Waals surface area contributed by atoms with Crippen molar-refractivity contribution in [3.8, 4) is 0 Å². The summed E-state index contributed by atoms with van der Waals surface area (Å²) in [5, 5.41) is 3.11. The van der Waals surface area contributed by atoms with Gasteiger partial charge in [0.2, 0.25) is 11.9 Å². The Morgan fingerprint density at radius 3 is 2.54 bits per heavy atom. The van der Waals surface area contributed by atoms with Crippen LogP contribution in [0.25, 0.3) is 0 Å². The fraction of sp³-hybridized carbons (Fsp3) is 0.737. The highest BCUT2D eigenvalue weighted by atomic mass is 19.4. The van der Waals surface area contributed by atoms with E-state index < -0.39 is 11.9 Å². The van der Waals surface area contributed by atoms with Gasteiger partial charge in [-0.3, -0.25) is 9.69 Å². The van der Waals surface area contributed by atoms with E-state index in [9.17, 15) is 18.0 Å². The molecule has 28 heavy (non-hydrogen) atoms. The van der Waals surface area contributed by atoms with E-state index in [1.54, 1.807) is 0 Å². The average molecular weight is 397 g/mol. The van der Waals surface area contributed by atoms with E-state index in [0.29, 0.717) is 25.2 Å². The minimum atomic E-state index is -4.46. The van der Waals surface area contributed by atoms with Crippen molar-refractivity contribution in [2.24, 2.45) is 5.92 Å². The van der Waals surface area contributed by atoms with Gasteiger partial charge in [-0.05, 0) is 51.1 Å². The molecule has 1 aromatic heterocycles. The van der Waals surface area contributed by atoms with Crippen molar-refractivity contribution >= 4 is 11.9 Å². The highest BCUT2D eigenvalue weighted by molar-refractivity contribution is 5.79. The number of halogens is 3. The van der Waals surface area contributed by atoms with Crippen molar-refractivity contribution in [2.75, 3.05) is 31.1 Å². The molecule has 0 aromatic carbocycles. The number of aromatic nitrogens is 2. The molecule has 1 unspecified atom stereocenters. The van der Waals surface area contributed by atoms with Gasteiger partial charge >= 0.3 is 6.18 Å². The Morgan fingerprint density at radius 1 is 1.11 bits per heavy atom. The standard InChI is InChI=1S/C19H26F3N5O/c20-19(21,22)16-5-8-23-18(25-16)26-10-6-15(7-11-26)27-9-1-2-13(12-27)17(28)24-14-3-4-14/h5,8,13-15H,1-4,6-7,9-12H2,(H,24,28). The fourth-order valence-corrected chi connectivity index (χ4v) is 4.19. The summed E-state index contributed by atoms with van der Waals surface area (Å²) in [5.74, 6) is 0.384. The van der Waals surface area contributed by atoms with Gasteiger partial charge in [0.25, 0.3) is 0 Å². The summed E-state index contributed by atoms with van der Waals surface area (Å²) in [5.41, 5.74) is -0.903. The van der Waals surface area contributed by atoms with E-state index in [4.69, 9.17) is 0 Å². The predicted molar refractivity (Wildman–Crippen MR) is 97.7 cm³/mol. The number of carbonyl (C=O) groups is 1. The van der Waals surface area contributed by atoms with Gasteiger partial charge in [0.1, 0.15) is 5.69 Å². The van der Waals surface area contributed by atoms with Gasteiger partial charge in [-0.1, -0.05) is 0 Å². The van der Waals surface area contributed by atoms with Crippen LogP contribution < -0.4 is 10.2 Å². The highest BCUT2D eigenvalue weighted by Crippen LogP contribution is 2.30. The molecule has 1 atom stereocenters. The summed E-state index contributed by atoms with van der Waals surface area (Å²) >= 11 is 0. The molecule has 0 spiro atoms. The summed E-state index contributed by atoms with van der Waals surface area (Å²) in [6, 6.07) is 1.65. The Labute approximate surface area is 162 Å². The normalized spacial score (nSPS) is 25.0. The molecule has 1 aliphatic carbocycles. The third-order valence-electron chi connectivity index (χ3n) is 5.94. The summed E-state index contributed by atoms with van der Waals surface area (Å²) in [6.07, 6.45) is 2.54. The maximum atomic E-state index is 12.9. The summed E-state index contributed by atoms with van der Waals surface area (Å²) < 4.78 is 38.6. The average Bonchev–Trinajstić information content (AvgIpc) is 3.52. The van der Waals surface area contributed by atoms with Crippen molar-refractivity contribution in [1.82, 2.24) is 20.2 Å². The minimum absolute atomic E-state index is 0.0548. The quantitative estimate of drug-likeness (QED) is 0.846. The van der Waals surface area contributed by atoms with Crippen LogP contribution in [-0.2, 0) is 11.0 Å². The first-order valence-corrected chi connectivity index (χ1v) is 10.1. The molecule has 0 radical (unpaired) electrons. The number of alkyl halides is 3. The zero-order chi connectivity index (χ0) is 19.7. The number of nitrogens with one attached hydrogen (secondary N) is 1. The van der Waals surface area contributed by atoms with E-state index in [1.165, 1.54) is 6.20 Å². The molecule has 3 aliphatic rings. The molecule has 6 nitrogen and oxygen atoms in total. The molecular formula is C19H26F3N5O. The molecule has 154 valence electrons. The van der Waals surface area contributed by atoms with Crippen LogP contribution in [0.2, 0.25) is 0 Å². The van der Waals surface area contributed by atoms with E-state index in [2.05, 4.69) is 20.2 Å². The maximum Gasteiger partial charge on any atom is 0.433 e. The van der Waals surface area contributed by atoms with E-state index in [1.807, 2.05) is 4.90 Å². The largest absolute Gasteiger partial charge is 0.433 e. The van der Waals surface area contributed by atoms with Crippen LogP contribution in [0.15, 0.2) is 12.3 Å². The monoisotopic (exact) mass is 397 g/mol. The van der Waals surface area contributed by atoms with E-state index in [-0.39, 0.29) is 17.8 Å². The lowest BCUT2D eigenvalue weighted by Crippen LogP contribution is -2.51. The highest BCUT2D eigenvalue weighted by Gasteiger charge is 2.35. The first kappa shape index (κ1) is 19.4. The van der Waals surface area contributed by atoms with Crippen molar-refractivity contribution in [3.05, 3.63) is 18.0 Å². The number of carbonyl (C=O) groups excluding carboxylic acids is 1. The molecule has 1 N–H and O–H groups in total.